The van der Waals surface area contributed by atoms with E-state index in [1.54, 1.807) is 23.0 Å². The van der Waals surface area contributed by atoms with E-state index in [1.807, 2.05) is 6.07 Å². The van der Waals surface area contributed by atoms with Crippen LogP contribution in [0.5, 0.6) is 0 Å². The van der Waals surface area contributed by atoms with Gasteiger partial charge in [0.25, 0.3) is 0 Å². The number of H-pyrrole nitrogens is 1. The summed E-state index contributed by atoms with van der Waals surface area (Å²) >= 11 is 0. The van der Waals surface area contributed by atoms with E-state index in [0.29, 0.717) is 18.5 Å². The number of carbonyl (C=O) groups is 1. The molecule has 7 heteroatoms. The standard InChI is InChI=1S/C23H26FN5O/c24-17-7-2-4-10-22(17)29-21-11-5-9-18(16(21)14-25-29)26-23(30)13-12-20-15-6-1-3-8-19(15)27-28-20/h2,4,7,10,14,18H,1,3,5-6,8-9,11-13H2,(H,26,30)(H,27,28). The Morgan fingerprint density at radius 1 is 1.20 bits per heavy atom. The summed E-state index contributed by atoms with van der Waals surface area (Å²) in [7, 11) is 0. The van der Waals surface area contributed by atoms with Crippen LogP contribution in [-0.2, 0) is 30.5 Å². The normalized spacial score (nSPS) is 18.0. The first-order valence-corrected chi connectivity index (χ1v) is 10.9. The predicted molar refractivity (Wildman–Crippen MR) is 111 cm³/mol. The van der Waals surface area contributed by atoms with E-state index in [1.165, 1.54) is 30.2 Å². The smallest absolute Gasteiger partial charge is 0.220 e. The molecule has 0 bridgehead atoms. The van der Waals surface area contributed by atoms with Crippen LogP contribution >= 0.6 is 0 Å². The van der Waals surface area contributed by atoms with Gasteiger partial charge < -0.3 is 5.32 Å². The fourth-order valence-electron chi connectivity index (χ4n) is 4.79. The van der Waals surface area contributed by atoms with Crippen molar-refractivity contribution < 1.29 is 9.18 Å². The zero-order valence-electron chi connectivity index (χ0n) is 17.0. The summed E-state index contributed by atoms with van der Waals surface area (Å²) in [6.45, 7) is 0. The summed E-state index contributed by atoms with van der Waals surface area (Å²) in [5.74, 6) is -0.268. The molecule has 0 aliphatic heterocycles. The van der Waals surface area contributed by atoms with Crippen molar-refractivity contribution in [3.8, 4) is 5.69 Å². The molecule has 3 aromatic rings. The molecule has 2 heterocycles. The lowest BCUT2D eigenvalue weighted by molar-refractivity contribution is -0.121. The lowest BCUT2D eigenvalue weighted by Gasteiger charge is -2.24. The average molecular weight is 407 g/mol. The molecule has 2 aliphatic carbocycles. The first kappa shape index (κ1) is 19.0. The number of rotatable bonds is 5. The van der Waals surface area contributed by atoms with Crippen molar-refractivity contribution >= 4 is 5.91 Å². The molecule has 156 valence electrons. The van der Waals surface area contributed by atoms with E-state index < -0.39 is 0 Å². The minimum atomic E-state index is -0.295. The number of aromatic amines is 1. The molecule has 0 fully saturated rings. The Balaban J connectivity index is 1.27. The highest BCUT2D eigenvalue weighted by molar-refractivity contribution is 5.76. The Kier molecular flexibility index (Phi) is 5.11. The van der Waals surface area contributed by atoms with Gasteiger partial charge in [-0.05, 0) is 62.6 Å². The second-order valence-electron chi connectivity index (χ2n) is 8.26. The van der Waals surface area contributed by atoms with Crippen LogP contribution in [0.2, 0.25) is 0 Å². The van der Waals surface area contributed by atoms with E-state index in [9.17, 15) is 9.18 Å². The van der Waals surface area contributed by atoms with E-state index in [2.05, 4.69) is 20.6 Å². The Hall–Kier alpha value is -2.96. The molecule has 5 rings (SSSR count). The second-order valence-corrected chi connectivity index (χ2v) is 8.26. The number of nitrogens with one attached hydrogen (secondary N) is 2. The zero-order valence-corrected chi connectivity index (χ0v) is 17.0. The molecule has 1 atom stereocenters. The number of hydrogen-bond acceptors (Lipinski definition) is 3. The minimum absolute atomic E-state index is 0.0269. The van der Waals surface area contributed by atoms with Gasteiger partial charge >= 0.3 is 0 Å². The summed E-state index contributed by atoms with van der Waals surface area (Å²) < 4.78 is 15.9. The van der Waals surface area contributed by atoms with Gasteiger partial charge in [0.15, 0.2) is 0 Å². The molecule has 2 N–H and O–H groups in total. The maximum absolute atomic E-state index is 14.2. The van der Waals surface area contributed by atoms with Gasteiger partial charge in [0.2, 0.25) is 5.91 Å². The molecule has 30 heavy (non-hydrogen) atoms. The van der Waals surface area contributed by atoms with Gasteiger partial charge in [-0.25, -0.2) is 9.07 Å². The van der Waals surface area contributed by atoms with Crippen LogP contribution in [0.15, 0.2) is 30.5 Å². The van der Waals surface area contributed by atoms with Gasteiger partial charge in [0.1, 0.15) is 11.5 Å². The fourth-order valence-corrected chi connectivity index (χ4v) is 4.79. The maximum atomic E-state index is 14.2. The van der Waals surface area contributed by atoms with Gasteiger partial charge in [0.05, 0.1) is 17.9 Å². The van der Waals surface area contributed by atoms with Gasteiger partial charge in [-0.3, -0.25) is 9.89 Å². The SMILES string of the molecule is O=C(CCc1n[nH]c2c1CCCC2)NC1CCCc2c1cnn2-c1ccccc1F. The molecule has 0 saturated heterocycles. The number of carbonyl (C=O) groups excluding carboxylic acids is 1. The molecule has 2 aliphatic rings. The van der Waals surface area contributed by atoms with Crippen LogP contribution in [0.1, 0.15) is 66.4 Å². The molecule has 1 unspecified atom stereocenters. The molecule has 0 radical (unpaired) electrons. The highest BCUT2D eigenvalue weighted by Crippen LogP contribution is 2.31. The van der Waals surface area contributed by atoms with E-state index >= 15 is 0 Å². The number of nitrogens with zero attached hydrogens (tertiary/aromatic N) is 3. The highest BCUT2D eigenvalue weighted by Gasteiger charge is 2.27. The maximum Gasteiger partial charge on any atom is 0.220 e. The summed E-state index contributed by atoms with van der Waals surface area (Å²) in [6, 6.07) is 6.58. The second kappa shape index (κ2) is 8.05. The number of hydrogen-bond donors (Lipinski definition) is 2. The first-order valence-electron chi connectivity index (χ1n) is 10.9. The third kappa shape index (κ3) is 3.53. The molecular weight excluding hydrogens is 381 g/mol. The van der Waals surface area contributed by atoms with Crippen LogP contribution in [0, 0.1) is 5.82 Å². The molecule has 2 aromatic heterocycles. The molecular formula is C23H26FN5O. The number of benzene rings is 1. The van der Waals surface area contributed by atoms with Crippen molar-refractivity contribution in [1.82, 2.24) is 25.3 Å². The zero-order chi connectivity index (χ0) is 20.5. The summed E-state index contributed by atoms with van der Waals surface area (Å²) in [4.78, 5) is 12.7. The number of aryl methyl sites for hydroxylation is 2. The largest absolute Gasteiger partial charge is 0.349 e. The van der Waals surface area contributed by atoms with Crippen molar-refractivity contribution in [1.29, 1.82) is 0 Å². The van der Waals surface area contributed by atoms with E-state index in [-0.39, 0.29) is 17.8 Å². The van der Waals surface area contributed by atoms with Crippen molar-refractivity contribution in [3.63, 3.8) is 0 Å². The van der Waals surface area contributed by atoms with Gasteiger partial charge in [-0.15, -0.1) is 0 Å². The quantitative estimate of drug-likeness (QED) is 0.677. The summed E-state index contributed by atoms with van der Waals surface area (Å²) in [5, 5.41) is 15.2. The van der Waals surface area contributed by atoms with Gasteiger partial charge in [-0.2, -0.15) is 10.2 Å². The number of halogens is 1. The molecule has 6 nitrogen and oxygen atoms in total. The topological polar surface area (TPSA) is 75.6 Å². The lowest BCUT2D eigenvalue weighted by atomic mass is 9.92. The van der Waals surface area contributed by atoms with Crippen molar-refractivity contribution in [2.45, 2.75) is 63.8 Å². The molecule has 1 amide bonds. The van der Waals surface area contributed by atoms with Crippen molar-refractivity contribution in [3.05, 3.63) is 64.5 Å². The summed E-state index contributed by atoms with van der Waals surface area (Å²) in [6.07, 6.45) is 10.0. The Labute approximate surface area is 174 Å². The number of para-hydroxylation sites is 1. The van der Waals surface area contributed by atoms with Crippen LogP contribution in [0.4, 0.5) is 4.39 Å². The third-order valence-corrected chi connectivity index (χ3v) is 6.33. The van der Waals surface area contributed by atoms with Crippen LogP contribution in [0.25, 0.3) is 5.69 Å². The monoisotopic (exact) mass is 407 g/mol. The molecule has 1 aromatic carbocycles. The van der Waals surface area contributed by atoms with E-state index in [4.69, 9.17) is 0 Å². The van der Waals surface area contributed by atoms with Crippen molar-refractivity contribution in [2.75, 3.05) is 0 Å². The van der Waals surface area contributed by atoms with Crippen molar-refractivity contribution in [2.24, 2.45) is 0 Å². The number of fused-ring (bicyclic) bond motifs is 2. The third-order valence-electron chi connectivity index (χ3n) is 6.33. The number of amides is 1. The summed E-state index contributed by atoms with van der Waals surface area (Å²) in [5.41, 5.74) is 6.04. The Bertz CT molecular complexity index is 1070. The van der Waals surface area contributed by atoms with E-state index in [0.717, 1.165) is 49.1 Å². The molecule has 0 saturated carbocycles. The Morgan fingerprint density at radius 3 is 2.97 bits per heavy atom. The van der Waals surface area contributed by atoms with Crippen LogP contribution < -0.4 is 5.32 Å². The number of aromatic nitrogens is 4. The van der Waals surface area contributed by atoms with Crippen LogP contribution in [-0.4, -0.2) is 25.9 Å². The first-order chi connectivity index (χ1) is 14.7. The van der Waals surface area contributed by atoms with Gasteiger partial charge in [0, 0.05) is 29.8 Å². The fraction of sp³-hybridized carbons (Fsp3) is 0.435. The highest BCUT2D eigenvalue weighted by atomic mass is 19.1. The predicted octanol–water partition coefficient (Wildman–Crippen LogP) is 3.74. The lowest BCUT2D eigenvalue weighted by Crippen LogP contribution is -2.31. The minimum Gasteiger partial charge on any atom is -0.349 e. The van der Waals surface area contributed by atoms with Crippen LogP contribution in [0.3, 0.4) is 0 Å². The van der Waals surface area contributed by atoms with Gasteiger partial charge in [-0.1, -0.05) is 12.1 Å². The molecule has 0 spiro atoms. The Morgan fingerprint density at radius 2 is 2.07 bits per heavy atom. The average Bonchev–Trinajstić information content (AvgIpc) is 3.38.